The lowest BCUT2D eigenvalue weighted by atomic mass is 9.75. The minimum atomic E-state index is 0.416. The molecule has 2 rings (SSSR count). The molecule has 1 aromatic carbocycles. The van der Waals surface area contributed by atoms with Crippen LogP contribution in [0.2, 0.25) is 0 Å². The molecule has 0 spiro atoms. The summed E-state index contributed by atoms with van der Waals surface area (Å²) in [5, 5.41) is 3.80. The van der Waals surface area contributed by atoms with E-state index < -0.39 is 0 Å². The molecule has 1 nitrogen and oxygen atoms in total. The first-order chi connectivity index (χ1) is 8.48. The van der Waals surface area contributed by atoms with Crippen LogP contribution in [-0.4, -0.2) is 6.04 Å². The van der Waals surface area contributed by atoms with Crippen LogP contribution in [0, 0.1) is 5.41 Å². The highest BCUT2D eigenvalue weighted by Crippen LogP contribution is 2.36. The summed E-state index contributed by atoms with van der Waals surface area (Å²) in [5.74, 6) is 0. The van der Waals surface area contributed by atoms with E-state index in [-0.39, 0.29) is 0 Å². The Morgan fingerprint density at radius 3 is 2.72 bits per heavy atom. The van der Waals surface area contributed by atoms with Gasteiger partial charge in [0.1, 0.15) is 0 Å². The van der Waals surface area contributed by atoms with E-state index in [1.807, 2.05) is 0 Å². The molecule has 0 bridgehead atoms. The molecule has 2 atom stereocenters. The molecule has 2 heteroatoms. The zero-order valence-electron chi connectivity index (χ0n) is 11.7. The average Bonchev–Trinajstić information content (AvgIpc) is 2.28. The standard InChI is InChI=1S/C16H24BrN/c1-12(14-8-4-5-9-15(14)17)18-13-7-6-10-16(2,3)11-13/h4-5,8-9,12-13,18H,6-7,10-11H2,1-3H3. The predicted molar refractivity (Wildman–Crippen MR) is 81.7 cm³/mol. The van der Waals surface area contributed by atoms with Gasteiger partial charge in [-0.15, -0.1) is 0 Å². The Bertz CT molecular complexity index is 400. The summed E-state index contributed by atoms with van der Waals surface area (Å²) in [6.07, 6.45) is 5.34. The first-order valence-electron chi connectivity index (χ1n) is 6.98. The van der Waals surface area contributed by atoms with Gasteiger partial charge >= 0.3 is 0 Å². The maximum Gasteiger partial charge on any atom is 0.0305 e. The van der Waals surface area contributed by atoms with Crippen LogP contribution in [0.1, 0.15) is 58.1 Å². The maximum atomic E-state index is 3.80. The van der Waals surface area contributed by atoms with E-state index in [0.29, 0.717) is 17.5 Å². The quantitative estimate of drug-likeness (QED) is 0.822. The first-order valence-corrected chi connectivity index (χ1v) is 7.78. The Balaban J connectivity index is 1.99. The number of benzene rings is 1. The average molecular weight is 310 g/mol. The fourth-order valence-electron chi connectivity index (χ4n) is 3.11. The molecule has 0 aromatic heterocycles. The van der Waals surface area contributed by atoms with Crippen LogP contribution in [-0.2, 0) is 0 Å². The largest absolute Gasteiger partial charge is 0.307 e. The summed E-state index contributed by atoms with van der Waals surface area (Å²) in [6, 6.07) is 9.59. The normalized spacial score (nSPS) is 24.8. The van der Waals surface area contributed by atoms with Gasteiger partial charge in [-0.2, -0.15) is 0 Å². The smallest absolute Gasteiger partial charge is 0.0305 e. The van der Waals surface area contributed by atoms with E-state index in [9.17, 15) is 0 Å². The highest BCUT2D eigenvalue weighted by molar-refractivity contribution is 9.10. The SMILES string of the molecule is CC(NC1CCCC(C)(C)C1)c1ccccc1Br. The van der Waals surface area contributed by atoms with Crippen molar-refractivity contribution in [2.24, 2.45) is 5.41 Å². The van der Waals surface area contributed by atoms with Crippen molar-refractivity contribution in [1.29, 1.82) is 0 Å². The van der Waals surface area contributed by atoms with Gasteiger partial charge in [0.15, 0.2) is 0 Å². The predicted octanol–water partition coefficient (Wildman–Crippen LogP) is 5.07. The second kappa shape index (κ2) is 5.75. The van der Waals surface area contributed by atoms with E-state index in [2.05, 4.69) is 66.3 Å². The second-order valence-corrected chi connectivity index (χ2v) is 7.22. The van der Waals surface area contributed by atoms with Crippen molar-refractivity contribution in [2.45, 2.75) is 58.5 Å². The Labute approximate surface area is 119 Å². The van der Waals surface area contributed by atoms with Gasteiger partial charge in [0.2, 0.25) is 0 Å². The van der Waals surface area contributed by atoms with Gasteiger partial charge in [0.25, 0.3) is 0 Å². The maximum absolute atomic E-state index is 3.80. The Hall–Kier alpha value is -0.340. The van der Waals surface area contributed by atoms with Gasteiger partial charge < -0.3 is 5.32 Å². The van der Waals surface area contributed by atoms with Gasteiger partial charge in [-0.25, -0.2) is 0 Å². The van der Waals surface area contributed by atoms with Crippen LogP contribution in [0.5, 0.6) is 0 Å². The van der Waals surface area contributed by atoms with Crippen LogP contribution >= 0.6 is 15.9 Å². The van der Waals surface area contributed by atoms with E-state index in [0.717, 1.165) is 0 Å². The number of rotatable bonds is 3. The molecular weight excluding hydrogens is 286 g/mol. The number of hydrogen-bond donors (Lipinski definition) is 1. The zero-order valence-corrected chi connectivity index (χ0v) is 13.3. The summed E-state index contributed by atoms with van der Waals surface area (Å²) in [7, 11) is 0. The Morgan fingerprint density at radius 1 is 1.33 bits per heavy atom. The van der Waals surface area contributed by atoms with E-state index in [1.54, 1.807) is 0 Å². The molecule has 1 fully saturated rings. The fourth-order valence-corrected chi connectivity index (χ4v) is 3.74. The van der Waals surface area contributed by atoms with Gasteiger partial charge in [0.05, 0.1) is 0 Å². The molecule has 1 aliphatic rings. The third-order valence-corrected chi connectivity index (χ3v) is 4.78. The fraction of sp³-hybridized carbons (Fsp3) is 0.625. The van der Waals surface area contributed by atoms with Crippen molar-refractivity contribution in [3.8, 4) is 0 Å². The minimum Gasteiger partial charge on any atom is -0.307 e. The Kier molecular flexibility index (Phi) is 4.50. The van der Waals surface area contributed by atoms with Crippen LogP contribution < -0.4 is 5.32 Å². The highest BCUT2D eigenvalue weighted by atomic mass is 79.9. The summed E-state index contributed by atoms with van der Waals surface area (Å²) in [4.78, 5) is 0. The van der Waals surface area contributed by atoms with Crippen LogP contribution in [0.25, 0.3) is 0 Å². The van der Waals surface area contributed by atoms with Crippen LogP contribution in [0.15, 0.2) is 28.7 Å². The molecule has 1 N–H and O–H groups in total. The van der Waals surface area contributed by atoms with Crippen molar-refractivity contribution < 1.29 is 0 Å². The molecule has 0 saturated heterocycles. The molecule has 1 aromatic rings. The van der Waals surface area contributed by atoms with Crippen molar-refractivity contribution in [3.05, 3.63) is 34.3 Å². The van der Waals surface area contributed by atoms with E-state index in [4.69, 9.17) is 0 Å². The number of hydrogen-bond acceptors (Lipinski definition) is 1. The lowest BCUT2D eigenvalue weighted by Crippen LogP contribution is -2.38. The third-order valence-electron chi connectivity index (χ3n) is 4.06. The molecule has 100 valence electrons. The highest BCUT2D eigenvalue weighted by Gasteiger charge is 2.28. The molecule has 18 heavy (non-hydrogen) atoms. The van der Waals surface area contributed by atoms with Crippen molar-refractivity contribution in [3.63, 3.8) is 0 Å². The second-order valence-electron chi connectivity index (χ2n) is 6.37. The molecule has 0 heterocycles. The Morgan fingerprint density at radius 2 is 2.06 bits per heavy atom. The molecule has 0 radical (unpaired) electrons. The van der Waals surface area contributed by atoms with Crippen molar-refractivity contribution in [2.75, 3.05) is 0 Å². The lowest BCUT2D eigenvalue weighted by Gasteiger charge is -2.37. The van der Waals surface area contributed by atoms with Crippen LogP contribution in [0.4, 0.5) is 0 Å². The molecule has 0 aliphatic heterocycles. The van der Waals surface area contributed by atoms with Gasteiger partial charge in [-0.05, 0) is 43.2 Å². The van der Waals surface area contributed by atoms with E-state index in [1.165, 1.54) is 35.7 Å². The van der Waals surface area contributed by atoms with Gasteiger partial charge in [-0.1, -0.05) is 54.4 Å². The number of nitrogens with one attached hydrogen (secondary N) is 1. The molecule has 1 aliphatic carbocycles. The lowest BCUT2D eigenvalue weighted by molar-refractivity contribution is 0.191. The monoisotopic (exact) mass is 309 g/mol. The molecular formula is C16H24BrN. The summed E-state index contributed by atoms with van der Waals surface area (Å²) in [6.45, 7) is 7.05. The van der Waals surface area contributed by atoms with Crippen LogP contribution in [0.3, 0.4) is 0 Å². The molecule has 0 amide bonds. The first kappa shape index (κ1) is 14.1. The number of halogens is 1. The molecule has 1 saturated carbocycles. The molecule has 2 unspecified atom stereocenters. The van der Waals surface area contributed by atoms with Gasteiger partial charge in [0, 0.05) is 16.6 Å². The van der Waals surface area contributed by atoms with Gasteiger partial charge in [-0.3, -0.25) is 0 Å². The topological polar surface area (TPSA) is 12.0 Å². The van der Waals surface area contributed by atoms with Crippen molar-refractivity contribution >= 4 is 15.9 Å². The van der Waals surface area contributed by atoms with E-state index >= 15 is 0 Å². The zero-order chi connectivity index (χ0) is 13.2. The van der Waals surface area contributed by atoms with Crippen molar-refractivity contribution in [1.82, 2.24) is 5.32 Å². The summed E-state index contributed by atoms with van der Waals surface area (Å²) in [5.41, 5.74) is 1.87. The third kappa shape index (κ3) is 3.58. The summed E-state index contributed by atoms with van der Waals surface area (Å²) >= 11 is 3.64. The summed E-state index contributed by atoms with van der Waals surface area (Å²) < 4.78 is 1.21. The minimum absolute atomic E-state index is 0.416.